The van der Waals surface area contributed by atoms with Crippen molar-refractivity contribution in [3.8, 4) is 5.75 Å². The van der Waals surface area contributed by atoms with Crippen LogP contribution in [0.3, 0.4) is 0 Å². The van der Waals surface area contributed by atoms with Gasteiger partial charge in [0.05, 0.1) is 12.5 Å². The minimum absolute atomic E-state index is 0.0234. The maximum Gasteiger partial charge on any atom is 0.234 e. The minimum atomic E-state index is -0.438. The molecule has 0 N–H and O–H groups in total. The molecule has 1 amide bonds. The third-order valence-electron chi connectivity index (χ3n) is 5.87. The molecular formula is C22H23BrClNO2S. The van der Waals surface area contributed by atoms with Crippen LogP contribution in [0.5, 0.6) is 5.75 Å². The van der Waals surface area contributed by atoms with E-state index in [2.05, 4.69) is 26.9 Å². The van der Waals surface area contributed by atoms with Gasteiger partial charge in [-0.2, -0.15) is 0 Å². The van der Waals surface area contributed by atoms with Gasteiger partial charge in [-0.25, -0.2) is 0 Å². The Labute approximate surface area is 183 Å². The van der Waals surface area contributed by atoms with Gasteiger partial charge in [-0.15, -0.1) is 11.8 Å². The molecule has 148 valence electrons. The predicted octanol–water partition coefficient (Wildman–Crippen LogP) is 6.20. The zero-order valence-corrected chi connectivity index (χ0v) is 18.9. The zero-order chi connectivity index (χ0) is 19.7. The molecule has 0 aromatic heterocycles. The van der Waals surface area contributed by atoms with E-state index in [0.717, 1.165) is 59.3 Å². The molecule has 2 aromatic rings. The van der Waals surface area contributed by atoms with Crippen LogP contribution < -0.4 is 4.74 Å². The average Bonchev–Trinajstić information content (AvgIpc) is 3.38. The number of amides is 1. The van der Waals surface area contributed by atoms with Crippen LogP contribution in [0.1, 0.15) is 42.2 Å². The molecule has 1 atom stereocenters. The van der Waals surface area contributed by atoms with Crippen molar-refractivity contribution in [1.29, 1.82) is 0 Å². The van der Waals surface area contributed by atoms with Crippen LogP contribution in [0, 0.1) is 0 Å². The molecule has 1 aliphatic carbocycles. The number of methoxy groups -OCH3 is 1. The maximum absolute atomic E-state index is 14.0. The third-order valence-corrected chi connectivity index (χ3v) is 7.86. The molecule has 3 nitrogen and oxygen atoms in total. The molecule has 2 aliphatic rings. The molecule has 1 aliphatic heterocycles. The van der Waals surface area contributed by atoms with Gasteiger partial charge in [0, 0.05) is 27.4 Å². The molecule has 28 heavy (non-hydrogen) atoms. The Morgan fingerprint density at radius 1 is 1.21 bits per heavy atom. The van der Waals surface area contributed by atoms with Crippen molar-refractivity contribution in [2.24, 2.45) is 0 Å². The average molecular weight is 481 g/mol. The van der Waals surface area contributed by atoms with Gasteiger partial charge in [-0.3, -0.25) is 4.79 Å². The Balaban J connectivity index is 1.71. The standard InChI is InChI=1S/C22H23BrClNO2S/c1-27-19-9-6-16(23)14-18(19)20-25(12-13-28-20)21(26)22(10-2-3-11-22)15-4-7-17(24)8-5-15/h4-9,14,20H,2-3,10-13H2,1H3. The Hall–Kier alpha value is -1.17. The summed E-state index contributed by atoms with van der Waals surface area (Å²) in [6, 6.07) is 13.9. The predicted molar refractivity (Wildman–Crippen MR) is 119 cm³/mol. The monoisotopic (exact) mass is 479 g/mol. The van der Waals surface area contributed by atoms with Crippen LogP contribution >= 0.6 is 39.3 Å². The molecule has 2 aromatic carbocycles. The van der Waals surface area contributed by atoms with Gasteiger partial charge >= 0.3 is 0 Å². The highest BCUT2D eigenvalue weighted by molar-refractivity contribution is 9.10. The Morgan fingerprint density at radius 3 is 2.61 bits per heavy atom. The first-order valence-electron chi connectivity index (χ1n) is 9.57. The SMILES string of the molecule is COc1ccc(Br)cc1C1SCCN1C(=O)C1(c2ccc(Cl)cc2)CCCC1. The van der Waals surface area contributed by atoms with Gasteiger partial charge in [-0.05, 0) is 48.7 Å². The van der Waals surface area contributed by atoms with Crippen LogP contribution in [0.4, 0.5) is 0 Å². The maximum atomic E-state index is 14.0. The molecule has 1 unspecified atom stereocenters. The Kier molecular flexibility index (Phi) is 5.96. The molecule has 1 saturated heterocycles. The molecule has 2 fully saturated rings. The van der Waals surface area contributed by atoms with Crippen molar-refractivity contribution in [1.82, 2.24) is 4.90 Å². The number of thioether (sulfide) groups is 1. The van der Waals surface area contributed by atoms with Crippen molar-refractivity contribution < 1.29 is 9.53 Å². The van der Waals surface area contributed by atoms with Gasteiger partial charge in [-0.1, -0.05) is 52.5 Å². The highest BCUT2D eigenvalue weighted by Gasteiger charge is 2.48. The molecule has 4 rings (SSSR count). The first kappa shape index (κ1) is 20.1. The van der Waals surface area contributed by atoms with Crippen LogP contribution in [0.15, 0.2) is 46.9 Å². The lowest BCUT2D eigenvalue weighted by atomic mass is 9.77. The molecular weight excluding hydrogens is 458 g/mol. The van der Waals surface area contributed by atoms with Gasteiger partial charge in [0.1, 0.15) is 11.1 Å². The molecule has 6 heteroatoms. The second-order valence-corrected chi connectivity index (χ2v) is 9.94. The number of hydrogen-bond donors (Lipinski definition) is 0. The van der Waals surface area contributed by atoms with E-state index in [1.807, 2.05) is 48.2 Å². The summed E-state index contributed by atoms with van der Waals surface area (Å²) in [5, 5.41) is 0.683. The number of hydrogen-bond acceptors (Lipinski definition) is 3. The highest BCUT2D eigenvalue weighted by Crippen LogP contribution is 2.49. The fourth-order valence-corrected chi connectivity index (χ4v) is 6.26. The second-order valence-electron chi connectivity index (χ2n) is 7.40. The third kappa shape index (κ3) is 3.57. The van der Waals surface area contributed by atoms with Gasteiger partial charge in [0.15, 0.2) is 0 Å². The van der Waals surface area contributed by atoms with Crippen molar-refractivity contribution in [3.05, 3.63) is 63.1 Å². The summed E-state index contributed by atoms with van der Waals surface area (Å²) in [5.74, 6) is 2.00. The molecule has 0 bridgehead atoms. The lowest BCUT2D eigenvalue weighted by Crippen LogP contribution is -2.45. The molecule has 0 spiro atoms. The molecule has 1 saturated carbocycles. The second kappa shape index (κ2) is 8.29. The van der Waals surface area contributed by atoms with Crippen LogP contribution in [0.25, 0.3) is 0 Å². The first-order valence-corrected chi connectivity index (χ1v) is 11.8. The largest absolute Gasteiger partial charge is 0.496 e. The number of benzene rings is 2. The summed E-state index contributed by atoms with van der Waals surface area (Å²) in [4.78, 5) is 16.0. The smallest absolute Gasteiger partial charge is 0.234 e. The summed E-state index contributed by atoms with van der Waals surface area (Å²) in [5.41, 5.74) is 1.71. The number of carbonyl (C=O) groups is 1. The lowest BCUT2D eigenvalue weighted by Gasteiger charge is -2.36. The van der Waals surface area contributed by atoms with Crippen molar-refractivity contribution in [2.45, 2.75) is 36.5 Å². The van der Waals surface area contributed by atoms with Crippen LogP contribution in [-0.2, 0) is 10.2 Å². The van der Waals surface area contributed by atoms with E-state index >= 15 is 0 Å². The van der Waals surface area contributed by atoms with E-state index in [4.69, 9.17) is 16.3 Å². The summed E-state index contributed by atoms with van der Waals surface area (Å²) < 4.78 is 6.60. The van der Waals surface area contributed by atoms with Crippen molar-refractivity contribution >= 4 is 45.2 Å². The summed E-state index contributed by atoms with van der Waals surface area (Å²) >= 11 is 11.5. The van der Waals surface area contributed by atoms with E-state index < -0.39 is 5.41 Å². The van der Waals surface area contributed by atoms with Gasteiger partial charge in [0.2, 0.25) is 5.91 Å². The van der Waals surface area contributed by atoms with Gasteiger partial charge in [0.25, 0.3) is 0 Å². The minimum Gasteiger partial charge on any atom is -0.496 e. The quantitative estimate of drug-likeness (QED) is 0.522. The highest BCUT2D eigenvalue weighted by atomic mass is 79.9. The van der Waals surface area contributed by atoms with E-state index in [1.54, 1.807) is 7.11 Å². The summed E-state index contributed by atoms with van der Waals surface area (Å²) in [7, 11) is 1.69. The van der Waals surface area contributed by atoms with Crippen molar-refractivity contribution in [3.63, 3.8) is 0 Å². The number of nitrogens with zero attached hydrogens (tertiary/aromatic N) is 1. The summed E-state index contributed by atoms with van der Waals surface area (Å²) in [6.07, 6.45) is 3.97. The van der Waals surface area contributed by atoms with E-state index in [0.29, 0.717) is 5.02 Å². The number of rotatable bonds is 4. The van der Waals surface area contributed by atoms with Crippen LogP contribution in [-0.4, -0.2) is 30.2 Å². The molecule has 1 heterocycles. The fourth-order valence-electron chi connectivity index (χ4n) is 4.48. The van der Waals surface area contributed by atoms with Crippen LogP contribution in [0.2, 0.25) is 5.02 Å². The summed E-state index contributed by atoms with van der Waals surface area (Å²) in [6.45, 7) is 0.763. The van der Waals surface area contributed by atoms with Gasteiger partial charge < -0.3 is 9.64 Å². The number of halogens is 2. The molecule has 0 radical (unpaired) electrons. The fraction of sp³-hybridized carbons (Fsp3) is 0.409. The lowest BCUT2D eigenvalue weighted by molar-refractivity contribution is -0.137. The van der Waals surface area contributed by atoms with Crippen molar-refractivity contribution in [2.75, 3.05) is 19.4 Å². The number of ether oxygens (including phenoxy) is 1. The zero-order valence-electron chi connectivity index (χ0n) is 15.8. The van der Waals surface area contributed by atoms with E-state index in [1.165, 1.54) is 0 Å². The normalized spacial score (nSPS) is 21.1. The van der Waals surface area contributed by atoms with E-state index in [9.17, 15) is 4.79 Å². The Morgan fingerprint density at radius 2 is 1.93 bits per heavy atom. The first-order chi connectivity index (χ1) is 13.5. The topological polar surface area (TPSA) is 29.5 Å². The Bertz CT molecular complexity index is 867. The number of carbonyl (C=O) groups excluding carboxylic acids is 1. The van der Waals surface area contributed by atoms with E-state index in [-0.39, 0.29) is 11.3 Å².